The van der Waals surface area contributed by atoms with Crippen molar-refractivity contribution in [2.24, 2.45) is 0 Å². The van der Waals surface area contributed by atoms with Gasteiger partial charge in [-0.05, 0) is 18.2 Å². The molecular weight excluding hydrogens is 303 g/mol. The lowest BCUT2D eigenvalue weighted by Gasteiger charge is -2.13. The predicted molar refractivity (Wildman–Crippen MR) is 75.0 cm³/mol. The summed E-state index contributed by atoms with van der Waals surface area (Å²) in [5, 5.41) is 5.78. The number of nitrogens with zero attached hydrogens (tertiary/aromatic N) is 4. The molecule has 0 radical (unpaired) electrons. The van der Waals surface area contributed by atoms with Crippen molar-refractivity contribution >= 4 is 29.1 Å². The van der Waals surface area contributed by atoms with Crippen molar-refractivity contribution in [3.63, 3.8) is 0 Å². The van der Waals surface area contributed by atoms with Gasteiger partial charge >= 0.3 is 5.91 Å². The number of hydroxylamine groups is 2. The van der Waals surface area contributed by atoms with Gasteiger partial charge in [0.05, 0.1) is 18.7 Å². The number of hydrogen-bond acceptors (Lipinski definition) is 4. The average Bonchev–Trinajstić information content (AvgIpc) is 2.89. The van der Waals surface area contributed by atoms with Gasteiger partial charge in [-0.3, -0.25) is 9.63 Å². The van der Waals surface area contributed by atoms with Gasteiger partial charge in [-0.25, -0.2) is 14.7 Å². The van der Waals surface area contributed by atoms with Crippen LogP contribution in [0, 0.1) is 0 Å². The predicted octanol–water partition coefficient (Wildman–Crippen LogP) is 2.29. The monoisotopic (exact) mass is 314 g/mol. The highest BCUT2D eigenvalue weighted by Gasteiger charge is 2.22. The van der Waals surface area contributed by atoms with Crippen LogP contribution in [0.15, 0.2) is 24.3 Å². The standard InChI is InChI=1S/C12H12Cl2N4O2/c1-17(20-2)12(19)11-15-10(7-13)16-18(11)9-5-3-4-8(14)6-9/h3-6H,7H2,1-2H3. The number of rotatable bonds is 4. The molecule has 1 heterocycles. The maximum absolute atomic E-state index is 12.2. The minimum absolute atomic E-state index is 0.102. The van der Waals surface area contributed by atoms with E-state index in [9.17, 15) is 4.79 Å². The SMILES string of the molecule is CON(C)C(=O)c1nc(CCl)nn1-c1cccc(Cl)c1. The smallest absolute Gasteiger partial charge is 0.274 e. The lowest BCUT2D eigenvalue weighted by Crippen LogP contribution is -2.28. The molecule has 0 saturated heterocycles. The zero-order chi connectivity index (χ0) is 14.7. The van der Waals surface area contributed by atoms with Crippen LogP contribution in [0.4, 0.5) is 0 Å². The van der Waals surface area contributed by atoms with Crippen molar-refractivity contribution in [3.05, 3.63) is 40.9 Å². The van der Waals surface area contributed by atoms with E-state index in [0.29, 0.717) is 16.5 Å². The third kappa shape index (κ3) is 2.92. The first-order valence-corrected chi connectivity index (χ1v) is 6.58. The van der Waals surface area contributed by atoms with Gasteiger partial charge in [0, 0.05) is 12.1 Å². The van der Waals surface area contributed by atoms with Crippen molar-refractivity contribution in [1.29, 1.82) is 0 Å². The third-order valence-corrected chi connectivity index (χ3v) is 3.05. The fraction of sp³-hybridized carbons (Fsp3) is 0.250. The van der Waals surface area contributed by atoms with Crippen LogP contribution >= 0.6 is 23.2 Å². The summed E-state index contributed by atoms with van der Waals surface area (Å²) in [7, 11) is 2.88. The van der Waals surface area contributed by atoms with Gasteiger partial charge in [-0.2, -0.15) is 0 Å². The minimum Gasteiger partial charge on any atom is -0.274 e. The van der Waals surface area contributed by atoms with Crippen molar-refractivity contribution in [2.45, 2.75) is 5.88 Å². The molecule has 0 N–H and O–H groups in total. The van der Waals surface area contributed by atoms with E-state index >= 15 is 0 Å². The molecule has 106 valence electrons. The number of carbonyl (C=O) groups excluding carboxylic acids is 1. The first-order chi connectivity index (χ1) is 9.56. The van der Waals surface area contributed by atoms with Crippen molar-refractivity contribution < 1.29 is 9.63 Å². The van der Waals surface area contributed by atoms with Gasteiger partial charge in [-0.15, -0.1) is 16.7 Å². The fourth-order valence-corrected chi connectivity index (χ4v) is 1.86. The summed E-state index contributed by atoms with van der Waals surface area (Å²) in [6.07, 6.45) is 0. The van der Waals surface area contributed by atoms with Gasteiger partial charge in [0.1, 0.15) is 0 Å². The molecule has 0 atom stereocenters. The summed E-state index contributed by atoms with van der Waals surface area (Å²) < 4.78 is 1.39. The highest BCUT2D eigenvalue weighted by Crippen LogP contribution is 2.17. The van der Waals surface area contributed by atoms with Crippen LogP contribution in [0.5, 0.6) is 0 Å². The summed E-state index contributed by atoms with van der Waals surface area (Å²) in [4.78, 5) is 21.2. The van der Waals surface area contributed by atoms with Crippen LogP contribution in [0.2, 0.25) is 5.02 Å². The number of alkyl halides is 1. The molecule has 0 spiro atoms. The lowest BCUT2D eigenvalue weighted by molar-refractivity contribution is -0.0765. The summed E-state index contributed by atoms with van der Waals surface area (Å²) in [5.41, 5.74) is 0.620. The second-order valence-corrected chi connectivity index (χ2v) is 4.57. The minimum atomic E-state index is -0.434. The van der Waals surface area contributed by atoms with E-state index in [2.05, 4.69) is 10.1 Å². The average molecular weight is 315 g/mol. The molecule has 6 nitrogen and oxygen atoms in total. The van der Waals surface area contributed by atoms with Gasteiger partial charge < -0.3 is 0 Å². The van der Waals surface area contributed by atoms with Crippen LogP contribution in [-0.2, 0) is 10.7 Å². The molecular formula is C12H12Cl2N4O2. The first kappa shape index (κ1) is 14.8. The summed E-state index contributed by atoms with van der Waals surface area (Å²) in [6.45, 7) is 0. The quantitative estimate of drug-likeness (QED) is 0.641. The van der Waals surface area contributed by atoms with Crippen LogP contribution in [0.1, 0.15) is 16.4 Å². The molecule has 1 aromatic heterocycles. The molecule has 0 unspecified atom stereocenters. The van der Waals surface area contributed by atoms with E-state index in [0.717, 1.165) is 5.06 Å². The number of halogens is 2. The highest BCUT2D eigenvalue weighted by atomic mass is 35.5. The molecule has 8 heteroatoms. The molecule has 0 aliphatic carbocycles. The molecule has 0 saturated carbocycles. The molecule has 0 bridgehead atoms. The Kier molecular flexibility index (Phi) is 4.59. The van der Waals surface area contributed by atoms with Gasteiger partial charge in [0.25, 0.3) is 0 Å². The van der Waals surface area contributed by atoms with E-state index in [4.69, 9.17) is 28.0 Å². The van der Waals surface area contributed by atoms with Crippen molar-refractivity contribution in [2.75, 3.05) is 14.2 Å². The van der Waals surface area contributed by atoms with Gasteiger partial charge in [-0.1, -0.05) is 17.7 Å². The second kappa shape index (κ2) is 6.21. The number of carbonyl (C=O) groups is 1. The topological polar surface area (TPSA) is 60.2 Å². The molecule has 2 rings (SSSR count). The molecule has 0 aliphatic rings. The Labute approximate surface area is 125 Å². The van der Waals surface area contributed by atoms with Crippen LogP contribution < -0.4 is 0 Å². The summed E-state index contributed by atoms with van der Waals surface area (Å²) >= 11 is 11.7. The van der Waals surface area contributed by atoms with Crippen molar-refractivity contribution in [1.82, 2.24) is 19.8 Å². The van der Waals surface area contributed by atoms with Crippen LogP contribution in [0.3, 0.4) is 0 Å². The van der Waals surface area contributed by atoms with E-state index in [1.54, 1.807) is 24.3 Å². The van der Waals surface area contributed by atoms with Crippen LogP contribution in [-0.4, -0.2) is 39.9 Å². The lowest BCUT2D eigenvalue weighted by atomic mass is 10.3. The highest BCUT2D eigenvalue weighted by molar-refractivity contribution is 6.30. The van der Waals surface area contributed by atoms with Crippen molar-refractivity contribution in [3.8, 4) is 5.69 Å². The maximum atomic E-state index is 12.2. The second-order valence-electron chi connectivity index (χ2n) is 3.86. The Morgan fingerprint density at radius 1 is 1.50 bits per heavy atom. The Morgan fingerprint density at radius 3 is 2.85 bits per heavy atom. The van der Waals surface area contributed by atoms with E-state index in [1.807, 2.05) is 0 Å². The molecule has 2 aromatic rings. The third-order valence-electron chi connectivity index (χ3n) is 2.57. The Bertz CT molecular complexity index is 630. The maximum Gasteiger partial charge on any atom is 0.315 e. The number of benzene rings is 1. The van der Waals surface area contributed by atoms with Gasteiger partial charge in [0.15, 0.2) is 5.82 Å². The van der Waals surface area contributed by atoms with Gasteiger partial charge in [0.2, 0.25) is 5.82 Å². The summed E-state index contributed by atoms with van der Waals surface area (Å²) in [6, 6.07) is 6.93. The zero-order valence-electron chi connectivity index (χ0n) is 10.9. The number of amides is 1. The van der Waals surface area contributed by atoms with E-state index in [1.165, 1.54) is 18.8 Å². The molecule has 0 fully saturated rings. The van der Waals surface area contributed by atoms with E-state index in [-0.39, 0.29) is 11.7 Å². The van der Waals surface area contributed by atoms with Crippen LogP contribution in [0.25, 0.3) is 5.69 Å². The Morgan fingerprint density at radius 2 is 2.25 bits per heavy atom. The Hall–Kier alpha value is -1.63. The number of aromatic nitrogens is 3. The molecule has 20 heavy (non-hydrogen) atoms. The number of hydrogen-bond donors (Lipinski definition) is 0. The van der Waals surface area contributed by atoms with E-state index < -0.39 is 5.91 Å². The molecule has 1 amide bonds. The summed E-state index contributed by atoms with van der Waals surface area (Å²) in [5.74, 6) is 0.118. The first-order valence-electron chi connectivity index (χ1n) is 5.66. The fourth-order valence-electron chi connectivity index (χ4n) is 1.56. The largest absolute Gasteiger partial charge is 0.315 e. The zero-order valence-corrected chi connectivity index (χ0v) is 12.4. The molecule has 1 aromatic carbocycles. The normalized spacial score (nSPS) is 10.6. The molecule has 0 aliphatic heterocycles. The Balaban J connectivity index is 2.52.